The molecule has 2 rings (SSSR count). The molecular formula is C12H24N4O3S. The van der Waals surface area contributed by atoms with Crippen molar-refractivity contribution in [3.8, 4) is 0 Å². The Labute approximate surface area is 121 Å². The van der Waals surface area contributed by atoms with Gasteiger partial charge in [0.05, 0.1) is 0 Å². The van der Waals surface area contributed by atoms with Crippen LogP contribution in [0.3, 0.4) is 0 Å². The number of piperazine rings is 1. The van der Waals surface area contributed by atoms with Gasteiger partial charge in [-0.05, 0) is 12.8 Å². The fourth-order valence-electron chi connectivity index (χ4n) is 2.23. The van der Waals surface area contributed by atoms with E-state index in [1.807, 2.05) is 0 Å². The van der Waals surface area contributed by atoms with Crippen molar-refractivity contribution >= 4 is 16.1 Å². The Balaban J connectivity index is 1.74. The lowest BCUT2D eigenvalue weighted by atomic mass is 10.3. The van der Waals surface area contributed by atoms with Crippen LogP contribution in [0.2, 0.25) is 0 Å². The second kappa shape index (κ2) is 6.38. The van der Waals surface area contributed by atoms with Crippen LogP contribution in [0.25, 0.3) is 0 Å². The van der Waals surface area contributed by atoms with Gasteiger partial charge in [0.15, 0.2) is 0 Å². The first kappa shape index (κ1) is 15.7. The van der Waals surface area contributed by atoms with Gasteiger partial charge in [0, 0.05) is 59.3 Å². The molecule has 7 nitrogen and oxygen atoms in total. The standard InChI is InChI=1S/C12H24N4O3S/c1-14(2)20(18,19)16-9-7-15(8-10-16)12(17)5-6-13-11-3-4-11/h11,13H,3-10H2,1-2H3. The van der Waals surface area contributed by atoms with Gasteiger partial charge in [-0.15, -0.1) is 0 Å². The van der Waals surface area contributed by atoms with E-state index in [1.165, 1.54) is 35.5 Å². The average Bonchev–Trinajstić information content (AvgIpc) is 3.22. The number of nitrogens with one attached hydrogen (secondary N) is 1. The minimum atomic E-state index is -3.35. The molecule has 0 bridgehead atoms. The van der Waals surface area contributed by atoms with Crippen LogP contribution in [0.15, 0.2) is 0 Å². The van der Waals surface area contributed by atoms with Crippen LogP contribution >= 0.6 is 0 Å². The van der Waals surface area contributed by atoms with E-state index in [4.69, 9.17) is 0 Å². The van der Waals surface area contributed by atoms with Gasteiger partial charge in [0.1, 0.15) is 0 Å². The molecule has 2 aliphatic rings. The van der Waals surface area contributed by atoms with Crippen LogP contribution in [0.1, 0.15) is 19.3 Å². The molecule has 116 valence electrons. The average molecular weight is 304 g/mol. The molecule has 1 N–H and O–H groups in total. The zero-order chi connectivity index (χ0) is 14.8. The number of carbonyl (C=O) groups is 1. The van der Waals surface area contributed by atoms with Crippen molar-refractivity contribution in [2.45, 2.75) is 25.3 Å². The lowest BCUT2D eigenvalue weighted by Crippen LogP contribution is -2.53. The van der Waals surface area contributed by atoms with E-state index in [2.05, 4.69) is 5.32 Å². The van der Waals surface area contributed by atoms with Crippen molar-refractivity contribution in [1.29, 1.82) is 0 Å². The summed E-state index contributed by atoms with van der Waals surface area (Å²) in [6.07, 6.45) is 2.93. The number of hydrogen-bond acceptors (Lipinski definition) is 4. The summed E-state index contributed by atoms with van der Waals surface area (Å²) in [5.41, 5.74) is 0. The van der Waals surface area contributed by atoms with Gasteiger partial charge >= 0.3 is 0 Å². The van der Waals surface area contributed by atoms with Crippen LogP contribution < -0.4 is 5.32 Å². The Morgan fingerprint density at radius 1 is 1.20 bits per heavy atom. The van der Waals surface area contributed by atoms with Crippen molar-refractivity contribution in [2.75, 3.05) is 46.8 Å². The zero-order valence-electron chi connectivity index (χ0n) is 12.2. The van der Waals surface area contributed by atoms with E-state index in [1.54, 1.807) is 4.90 Å². The predicted molar refractivity (Wildman–Crippen MR) is 76.4 cm³/mol. The largest absolute Gasteiger partial charge is 0.340 e. The van der Waals surface area contributed by atoms with Crippen LogP contribution in [-0.4, -0.2) is 80.7 Å². The zero-order valence-corrected chi connectivity index (χ0v) is 13.0. The van der Waals surface area contributed by atoms with E-state index in [0.717, 1.165) is 6.54 Å². The minimum Gasteiger partial charge on any atom is -0.340 e. The summed E-state index contributed by atoms with van der Waals surface area (Å²) in [5, 5.41) is 3.31. The molecule has 0 spiro atoms. The number of rotatable bonds is 6. The summed E-state index contributed by atoms with van der Waals surface area (Å²) in [7, 11) is -0.304. The normalized spacial score (nSPS) is 21.4. The van der Waals surface area contributed by atoms with E-state index in [-0.39, 0.29) is 5.91 Å². The van der Waals surface area contributed by atoms with Crippen LogP contribution in [0.4, 0.5) is 0 Å². The van der Waals surface area contributed by atoms with Crippen LogP contribution in [0.5, 0.6) is 0 Å². The fourth-order valence-corrected chi connectivity index (χ4v) is 3.31. The highest BCUT2D eigenvalue weighted by atomic mass is 32.2. The van der Waals surface area contributed by atoms with Crippen molar-refractivity contribution in [3.63, 3.8) is 0 Å². The smallest absolute Gasteiger partial charge is 0.281 e. The molecule has 0 aromatic carbocycles. The van der Waals surface area contributed by atoms with E-state index in [9.17, 15) is 13.2 Å². The topological polar surface area (TPSA) is 73.0 Å². The maximum atomic E-state index is 12.0. The molecule has 1 saturated carbocycles. The lowest BCUT2D eigenvalue weighted by molar-refractivity contribution is -0.132. The highest BCUT2D eigenvalue weighted by Crippen LogP contribution is 2.18. The molecule has 0 atom stereocenters. The molecule has 1 aliphatic carbocycles. The third-order valence-corrected chi connectivity index (χ3v) is 5.67. The summed E-state index contributed by atoms with van der Waals surface area (Å²) in [6.45, 7) is 2.44. The highest BCUT2D eigenvalue weighted by Gasteiger charge is 2.30. The fraction of sp³-hybridized carbons (Fsp3) is 0.917. The molecule has 20 heavy (non-hydrogen) atoms. The maximum absolute atomic E-state index is 12.0. The number of amides is 1. The minimum absolute atomic E-state index is 0.111. The van der Waals surface area contributed by atoms with Gasteiger partial charge < -0.3 is 10.2 Å². The molecule has 0 unspecified atom stereocenters. The second-order valence-electron chi connectivity index (χ2n) is 5.55. The summed E-state index contributed by atoms with van der Waals surface area (Å²) >= 11 is 0. The number of nitrogens with zero attached hydrogens (tertiary/aromatic N) is 3. The van der Waals surface area contributed by atoms with Gasteiger partial charge in [-0.25, -0.2) is 0 Å². The lowest BCUT2D eigenvalue weighted by Gasteiger charge is -2.35. The van der Waals surface area contributed by atoms with Gasteiger partial charge in [0.25, 0.3) is 10.2 Å². The van der Waals surface area contributed by atoms with Crippen molar-refractivity contribution < 1.29 is 13.2 Å². The molecule has 1 aliphatic heterocycles. The van der Waals surface area contributed by atoms with Crippen molar-refractivity contribution in [1.82, 2.24) is 18.8 Å². The summed E-state index contributed by atoms with van der Waals surface area (Å²) in [4.78, 5) is 13.8. The Kier molecular flexibility index (Phi) is 5.00. The van der Waals surface area contributed by atoms with Crippen molar-refractivity contribution in [2.24, 2.45) is 0 Å². The van der Waals surface area contributed by atoms with E-state index >= 15 is 0 Å². The third kappa shape index (κ3) is 3.91. The van der Waals surface area contributed by atoms with Gasteiger partial charge in [-0.2, -0.15) is 17.0 Å². The first-order chi connectivity index (χ1) is 9.41. The van der Waals surface area contributed by atoms with E-state index < -0.39 is 10.2 Å². The second-order valence-corrected chi connectivity index (χ2v) is 7.69. The van der Waals surface area contributed by atoms with Crippen molar-refractivity contribution in [3.05, 3.63) is 0 Å². The van der Waals surface area contributed by atoms with E-state index in [0.29, 0.717) is 38.6 Å². The molecular weight excluding hydrogens is 280 g/mol. The molecule has 1 heterocycles. The summed E-state index contributed by atoms with van der Waals surface area (Å²) < 4.78 is 26.6. The Bertz CT molecular complexity index is 440. The Morgan fingerprint density at radius 2 is 1.80 bits per heavy atom. The Hall–Kier alpha value is -0.700. The van der Waals surface area contributed by atoms with Gasteiger partial charge in [-0.3, -0.25) is 4.79 Å². The summed E-state index contributed by atoms with van der Waals surface area (Å²) in [6, 6.07) is 0.616. The first-order valence-electron chi connectivity index (χ1n) is 7.10. The predicted octanol–water partition coefficient (Wildman–Crippen LogP) is -0.921. The molecule has 1 amide bonds. The quantitative estimate of drug-likeness (QED) is 0.689. The molecule has 0 aromatic rings. The number of hydrogen-bond donors (Lipinski definition) is 1. The monoisotopic (exact) mass is 304 g/mol. The number of carbonyl (C=O) groups excluding carboxylic acids is 1. The Morgan fingerprint density at radius 3 is 2.30 bits per heavy atom. The SMILES string of the molecule is CN(C)S(=O)(=O)N1CCN(C(=O)CCNC2CC2)CC1. The third-order valence-electron chi connectivity index (χ3n) is 3.73. The highest BCUT2D eigenvalue weighted by molar-refractivity contribution is 7.86. The molecule has 2 fully saturated rings. The molecule has 1 saturated heterocycles. The molecule has 0 aromatic heterocycles. The maximum Gasteiger partial charge on any atom is 0.281 e. The van der Waals surface area contributed by atoms with Gasteiger partial charge in [0.2, 0.25) is 5.91 Å². The van der Waals surface area contributed by atoms with Crippen LogP contribution in [0, 0.1) is 0 Å². The molecule has 0 radical (unpaired) electrons. The summed E-state index contributed by atoms with van der Waals surface area (Å²) in [5.74, 6) is 0.111. The van der Waals surface area contributed by atoms with Crippen LogP contribution in [-0.2, 0) is 15.0 Å². The van der Waals surface area contributed by atoms with Gasteiger partial charge in [-0.1, -0.05) is 0 Å². The molecule has 8 heteroatoms. The first-order valence-corrected chi connectivity index (χ1v) is 8.49.